The van der Waals surface area contributed by atoms with Gasteiger partial charge in [-0.05, 0) is 24.3 Å². The van der Waals surface area contributed by atoms with Gasteiger partial charge in [0.2, 0.25) is 0 Å². The van der Waals surface area contributed by atoms with Gasteiger partial charge in [0.25, 0.3) is 11.6 Å². The van der Waals surface area contributed by atoms with Crippen molar-refractivity contribution in [3.63, 3.8) is 0 Å². The molecule has 1 fully saturated rings. The lowest BCUT2D eigenvalue weighted by atomic mass is 10.1. The minimum Gasteiger partial charge on any atom is -0.491 e. The Morgan fingerprint density at radius 2 is 1.79 bits per heavy atom. The molecule has 1 heterocycles. The zero-order valence-corrected chi connectivity index (χ0v) is 18.1. The number of alkyl halides is 3. The van der Waals surface area contributed by atoms with Gasteiger partial charge in [0.05, 0.1) is 9.95 Å². The molecule has 2 aromatic carbocycles. The van der Waals surface area contributed by atoms with Gasteiger partial charge in [-0.25, -0.2) is 0 Å². The van der Waals surface area contributed by atoms with E-state index in [-0.39, 0.29) is 11.3 Å². The van der Waals surface area contributed by atoms with Crippen LogP contribution in [0.4, 0.5) is 18.9 Å². The second-order valence-corrected chi connectivity index (χ2v) is 7.66. The number of halogens is 4. The highest BCUT2D eigenvalue weighted by atomic mass is 35.5. The van der Waals surface area contributed by atoms with Crippen molar-refractivity contribution in [2.75, 3.05) is 45.9 Å². The summed E-state index contributed by atoms with van der Waals surface area (Å²) < 4.78 is 47.5. The van der Waals surface area contributed by atoms with Crippen molar-refractivity contribution in [2.24, 2.45) is 0 Å². The molecule has 0 saturated carbocycles. The van der Waals surface area contributed by atoms with Crippen LogP contribution in [0.1, 0.15) is 10.4 Å². The fourth-order valence-corrected chi connectivity index (χ4v) is 3.48. The zero-order chi connectivity index (χ0) is 24.0. The summed E-state index contributed by atoms with van der Waals surface area (Å²) in [4.78, 5) is 27.0. The molecular formula is C21H21ClF3N3O5. The highest BCUT2D eigenvalue weighted by molar-refractivity contribution is 6.32. The fourth-order valence-electron chi connectivity index (χ4n) is 3.29. The number of carbonyl (C=O) groups is 1. The van der Waals surface area contributed by atoms with Crippen LogP contribution >= 0.6 is 11.6 Å². The van der Waals surface area contributed by atoms with E-state index in [1.807, 2.05) is 6.07 Å². The molecule has 0 radical (unpaired) electrons. The molecule has 3 rings (SSSR count). The number of nitro benzene ring substituents is 1. The number of piperazine rings is 1. The Labute approximate surface area is 192 Å². The average molecular weight is 488 g/mol. The molecule has 1 aliphatic heterocycles. The molecule has 0 N–H and O–H groups in total. The Morgan fingerprint density at radius 3 is 2.42 bits per heavy atom. The van der Waals surface area contributed by atoms with Gasteiger partial charge in [-0.15, -0.1) is 0 Å². The molecule has 1 saturated heterocycles. The van der Waals surface area contributed by atoms with Crippen molar-refractivity contribution < 1.29 is 32.4 Å². The first-order valence-electron chi connectivity index (χ1n) is 10.0. The van der Waals surface area contributed by atoms with Crippen LogP contribution in [-0.4, -0.2) is 72.7 Å². The number of rotatable bonds is 8. The van der Waals surface area contributed by atoms with E-state index in [1.165, 1.54) is 4.90 Å². The van der Waals surface area contributed by atoms with Gasteiger partial charge >= 0.3 is 6.18 Å². The smallest absolute Gasteiger partial charge is 0.422 e. The van der Waals surface area contributed by atoms with Crippen LogP contribution in [0.5, 0.6) is 11.5 Å². The topological polar surface area (TPSA) is 85.1 Å². The molecule has 12 heteroatoms. The Balaban J connectivity index is 1.57. The van der Waals surface area contributed by atoms with Crippen LogP contribution in [0.15, 0.2) is 42.5 Å². The monoisotopic (exact) mass is 487 g/mol. The summed E-state index contributed by atoms with van der Waals surface area (Å²) in [7, 11) is 0. The maximum absolute atomic E-state index is 12.9. The number of benzene rings is 2. The number of ether oxygens (including phenoxy) is 2. The van der Waals surface area contributed by atoms with Crippen LogP contribution in [0, 0.1) is 10.1 Å². The van der Waals surface area contributed by atoms with Gasteiger partial charge in [0, 0.05) is 38.8 Å². The summed E-state index contributed by atoms with van der Waals surface area (Å²) in [5.74, 6) is -0.323. The molecule has 0 aliphatic carbocycles. The van der Waals surface area contributed by atoms with Gasteiger partial charge < -0.3 is 14.4 Å². The van der Waals surface area contributed by atoms with Gasteiger partial charge in [-0.2, -0.15) is 13.2 Å². The Hall–Kier alpha value is -3.05. The number of nitro groups is 1. The quantitative estimate of drug-likeness (QED) is 0.413. The molecule has 178 valence electrons. The van der Waals surface area contributed by atoms with Crippen molar-refractivity contribution in [1.82, 2.24) is 9.80 Å². The molecular weight excluding hydrogens is 467 g/mol. The third kappa shape index (κ3) is 6.96. The molecule has 1 aliphatic rings. The maximum atomic E-state index is 12.9. The summed E-state index contributed by atoms with van der Waals surface area (Å²) >= 11 is 6.05. The molecule has 8 nitrogen and oxygen atoms in total. The van der Waals surface area contributed by atoms with Crippen molar-refractivity contribution >= 4 is 23.2 Å². The normalized spacial score (nSPS) is 14.7. The lowest BCUT2D eigenvalue weighted by Crippen LogP contribution is -2.49. The Kier molecular flexibility index (Phi) is 7.98. The number of hydrogen-bond acceptors (Lipinski definition) is 6. The number of hydrogen-bond donors (Lipinski definition) is 0. The van der Waals surface area contributed by atoms with E-state index in [2.05, 4.69) is 9.64 Å². The van der Waals surface area contributed by atoms with E-state index >= 15 is 0 Å². The highest BCUT2D eigenvalue weighted by Gasteiger charge is 2.31. The van der Waals surface area contributed by atoms with Crippen LogP contribution < -0.4 is 9.47 Å². The van der Waals surface area contributed by atoms with Gasteiger partial charge in [-0.3, -0.25) is 19.8 Å². The second-order valence-electron chi connectivity index (χ2n) is 7.25. The third-order valence-electron chi connectivity index (χ3n) is 4.96. The summed E-state index contributed by atoms with van der Waals surface area (Å²) in [6.07, 6.45) is -4.57. The second kappa shape index (κ2) is 10.7. The third-order valence-corrected chi connectivity index (χ3v) is 5.27. The van der Waals surface area contributed by atoms with E-state index in [0.717, 1.165) is 18.2 Å². The lowest BCUT2D eigenvalue weighted by molar-refractivity contribution is -0.385. The SMILES string of the molecule is O=C(c1cc(OCC(F)(F)F)ccc1[N+](=O)[O-])N1CCN(CCOc2ccccc2Cl)CC1. The van der Waals surface area contributed by atoms with Crippen molar-refractivity contribution in [3.05, 3.63) is 63.2 Å². The standard InChI is InChI=1S/C21H21ClF3N3O5/c22-17-3-1-2-4-19(17)32-12-11-26-7-9-27(10-8-26)20(29)16-13-15(33-14-21(23,24)25)5-6-18(16)28(30)31/h1-6,13H,7-12,14H2. The van der Waals surface area contributed by atoms with Gasteiger partial charge in [0.1, 0.15) is 23.7 Å². The Morgan fingerprint density at radius 1 is 1.09 bits per heavy atom. The van der Waals surface area contributed by atoms with E-state index in [4.69, 9.17) is 16.3 Å². The summed E-state index contributed by atoms with van der Waals surface area (Å²) in [6, 6.07) is 10.1. The lowest BCUT2D eigenvalue weighted by Gasteiger charge is -2.34. The van der Waals surface area contributed by atoms with Crippen molar-refractivity contribution in [1.29, 1.82) is 0 Å². The molecule has 2 aromatic rings. The number of para-hydroxylation sites is 1. The van der Waals surface area contributed by atoms with E-state index in [0.29, 0.717) is 50.1 Å². The van der Waals surface area contributed by atoms with Crippen molar-refractivity contribution in [3.8, 4) is 11.5 Å². The van der Waals surface area contributed by atoms with Crippen LogP contribution in [0.2, 0.25) is 5.02 Å². The Bertz CT molecular complexity index is 997. The molecule has 1 amide bonds. The molecule has 33 heavy (non-hydrogen) atoms. The number of nitrogens with zero attached hydrogens (tertiary/aromatic N) is 3. The fraction of sp³-hybridized carbons (Fsp3) is 0.381. The van der Waals surface area contributed by atoms with Gasteiger partial charge in [-0.1, -0.05) is 23.7 Å². The largest absolute Gasteiger partial charge is 0.491 e. The predicted octanol–water partition coefficient (Wildman–Crippen LogP) is 4.03. The summed E-state index contributed by atoms with van der Waals surface area (Å²) in [5.41, 5.74) is -0.801. The minimum atomic E-state index is -4.57. The van der Waals surface area contributed by atoms with E-state index < -0.39 is 29.3 Å². The number of amides is 1. The zero-order valence-electron chi connectivity index (χ0n) is 17.4. The van der Waals surface area contributed by atoms with Crippen LogP contribution in [0.3, 0.4) is 0 Å². The highest BCUT2D eigenvalue weighted by Crippen LogP contribution is 2.27. The maximum Gasteiger partial charge on any atom is 0.422 e. The first-order valence-corrected chi connectivity index (χ1v) is 10.4. The number of carbonyl (C=O) groups excluding carboxylic acids is 1. The first kappa shape index (κ1) is 24.6. The predicted molar refractivity (Wildman–Crippen MR) is 114 cm³/mol. The first-order chi connectivity index (χ1) is 15.6. The van der Waals surface area contributed by atoms with Crippen LogP contribution in [0.25, 0.3) is 0 Å². The molecule has 0 aromatic heterocycles. The summed E-state index contributed by atoms with van der Waals surface area (Å²) in [5, 5.41) is 11.8. The summed E-state index contributed by atoms with van der Waals surface area (Å²) in [6.45, 7) is 1.04. The van der Waals surface area contributed by atoms with E-state index in [9.17, 15) is 28.1 Å². The van der Waals surface area contributed by atoms with Crippen LogP contribution in [-0.2, 0) is 0 Å². The van der Waals surface area contributed by atoms with Crippen molar-refractivity contribution in [2.45, 2.75) is 6.18 Å². The van der Waals surface area contributed by atoms with E-state index in [1.54, 1.807) is 18.2 Å². The van der Waals surface area contributed by atoms with Gasteiger partial charge in [0.15, 0.2) is 6.61 Å². The molecule has 0 bridgehead atoms. The minimum absolute atomic E-state index is 0.267. The average Bonchev–Trinajstić information content (AvgIpc) is 2.78. The molecule has 0 atom stereocenters. The molecule has 0 unspecified atom stereocenters. The molecule has 0 spiro atoms.